The minimum atomic E-state index is -0.445. The topological polar surface area (TPSA) is 115 Å². The summed E-state index contributed by atoms with van der Waals surface area (Å²) in [6.45, 7) is 7.58. The highest BCUT2D eigenvalue weighted by molar-refractivity contribution is 5.76. The third-order valence-electron chi connectivity index (χ3n) is 5.02. The third kappa shape index (κ3) is 5.48. The molecule has 0 saturated heterocycles. The fourth-order valence-electron chi connectivity index (χ4n) is 3.50. The summed E-state index contributed by atoms with van der Waals surface area (Å²) < 4.78 is 3.38. The molecule has 3 rings (SSSR count). The van der Waals surface area contributed by atoms with Crippen LogP contribution in [0.25, 0.3) is 11.2 Å². The SMILES string of the molecule is CCCCn1c(=O)[nH]c(=O)c2c1nc(CCC(=O)NCc1ccccn1)n2CC(C)C. The number of carbonyl (C=O) groups excluding carboxylic acids is 1. The summed E-state index contributed by atoms with van der Waals surface area (Å²) in [4.78, 5) is 48.6. The van der Waals surface area contributed by atoms with E-state index in [1.165, 1.54) is 4.57 Å². The van der Waals surface area contributed by atoms with Crippen LogP contribution in [-0.2, 0) is 30.8 Å². The fourth-order valence-corrected chi connectivity index (χ4v) is 3.50. The molecule has 0 aromatic carbocycles. The number of carbonyl (C=O) groups is 1. The molecule has 3 aromatic rings. The summed E-state index contributed by atoms with van der Waals surface area (Å²) in [7, 11) is 0. The zero-order chi connectivity index (χ0) is 22.4. The van der Waals surface area contributed by atoms with E-state index in [-0.39, 0.29) is 18.2 Å². The predicted octanol–water partition coefficient (Wildman–Crippen LogP) is 1.99. The van der Waals surface area contributed by atoms with E-state index in [0.29, 0.717) is 43.0 Å². The van der Waals surface area contributed by atoms with Crippen molar-refractivity contribution in [3.63, 3.8) is 0 Å². The Bertz CT molecular complexity index is 1140. The molecule has 0 radical (unpaired) electrons. The minimum absolute atomic E-state index is 0.119. The number of imidazole rings is 1. The van der Waals surface area contributed by atoms with Crippen molar-refractivity contribution in [2.75, 3.05) is 0 Å². The van der Waals surface area contributed by atoms with Gasteiger partial charge in [0.05, 0.1) is 12.2 Å². The number of pyridine rings is 1. The van der Waals surface area contributed by atoms with Crippen molar-refractivity contribution in [1.29, 1.82) is 0 Å². The molecule has 2 N–H and O–H groups in total. The Morgan fingerprint density at radius 3 is 2.71 bits per heavy atom. The number of nitrogens with one attached hydrogen (secondary N) is 2. The number of H-pyrrole nitrogens is 1. The smallest absolute Gasteiger partial charge is 0.330 e. The summed E-state index contributed by atoms with van der Waals surface area (Å²) in [5.41, 5.74) is 0.695. The van der Waals surface area contributed by atoms with E-state index in [4.69, 9.17) is 0 Å². The first-order valence-electron chi connectivity index (χ1n) is 10.8. The van der Waals surface area contributed by atoms with E-state index >= 15 is 0 Å². The van der Waals surface area contributed by atoms with Crippen LogP contribution in [0.15, 0.2) is 34.0 Å². The average Bonchev–Trinajstić information content (AvgIpc) is 3.09. The van der Waals surface area contributed by atoms with Crippen LogP contribution in [0, 0.1) is 5.92 Å². The molecule has 0 unspecified atom stereocenters. The lowest BCUT2D eigenvalue weighted by molar-refractivity contribution is -0.121. The van der Waals surface area contributed by atoms with Crippen molar-refractivity contribution in [2.45, 2.75) is 66.1 Å². The molecule has 0 aliphatic carbocycles. The van der Waals surface area contributed by atoms with Gasteiger partial charge < -0.3 is 9.88 Å². The molecule has 9 nitrogen and oxygen atoms in total. The number of fused-ring (bicyclic) bond motifs is 1. The molecule has 0 fully saturated rings. The van der Waals surface area contributed by atoms with Gasteiger partial charge in [-0.25, -0.2) is 9.78 Å². The molecule has 9 heteroatoms. The first-order chi connectivity index (χ1) is 14.9. The summed E-state index contributed by atoms with van der Waals surface area (Å²) in [5.74, 6) is 0.786. The van der Waals surface area contributed by atoms with Gasteiger partial charge in [-0.1, -0.05) is 33.3 Å². The Hall–Kier alpha value is -3.23. The number of hydrogen-bond donors (Lipinski definition) is 2. The quantitative estimate of drug-likeness (QED) is 0.514. The van der Waals surface area contributed by atoms with Gasteiger partial charge in [-0.2, -0.15) is 0 Å². The Morgan fingerprint density at radius 1 is 1.23 bits per heavy atom. The van der Waals surface area contributed by atoms with Crippen LogP contribution in [0.3, 0.4) is 0 Å². The largest absolute Gasteiger partial charge is 0.350 e. The number of aromatic nitrogens is 5. The van der Waals surface area contributed by atoms with Crippen molar-refractivity contribution in [3.8, 4) is 0 Å². The Balaban J connectivity index is 1.86. The van der Waals surface area contributed by atoms with Crippen LogP contribution < -0.4 is 16.6 Å². The number of nitrogens with zero attached hydrogens (tertiary/aromatic N) is 4. The standard InChI is InChI=1S/C22H30N6O3/c1-4-5-12-27-20-19(21(30)26-22(27)31)28(14-15(2)3)17(25-20)9-10-18(29)24-13-16-8-6-7-11-23-16/h6-8,11,15H,4-5,9-10,12-14H2,1-3H3,(H,24,29)(H,26,30,31). The molecule has 0 bridgehead atoms. The van der Waals surface area contributed by atoms with Gasteiger partial charge in [0.2, 0.25) is 5.91 Å². The first-order valence-corrected chi connectivity index (χ1v) is 10.8. The van der Waals surface area contributed by atoms with Crippen molar-refractivity contribution in [1.82, 2.24) is 29.4 Å². The summed E-state index contributed by atoms with van der Waals surface area (Å²) in [5, 5.41) is 2.86. The highest BCUT2D eigenvalue weighted by Crippen LogP contribution is 2.16. The lowest BCUT2D eigenvalue weighted by Gasteiger charge is -2.11. The van der Waals surface area contributed by atoms with Crippen molar-refractivity contribution < 1.29 is 4.79 Å². The van der Waals surface area contributed by atoms with Gasteiger partial charge in [-0.05, 0) is 24.5 Å². The molecule has 0 spiro atoms. The number of rotatable bonds is 10. The maximum Gasteiger partial charge on any atom is 0.330 e. The summed E-state index contributed by atoms with van der Waals surface area (Å²) >= 11 is 0. The van der Waals surface area contributed by atoms with Crippen molar-refractivity contribution >= 4 is 17.1 Å². The molecule has 3 aromatic heterocycles. The lowest BCUT2D eigenvalue weighted by atomic mass is 10.2. The summed E-state index contributed by atoms with van der Waals surface area (Å²) in [6.07, 6.45) is 4.01. The van der Waals surface area contributed by atoms with Crippen LogP contribution in [0.4, 0.5) is 0 Å². The molecule has 0 saturated carbocycles. The second kappa shape index (κ2) is 10.2. The highest BCUT2D eigenvalue weighted by atomic mass is 16.2. The maximum atomic E-state index is 12.6. The average molecular weight is 427 g/mol. The number of amides is 1. The van der Waals surface area contributed by atoms with Gasteiger partial charge in [0.1, 0.15) is 5.82 Å². The third-order valence-corrected chi connectivity index (χ3v) is 5.02. The van der Waals surface area contributed by atoms with Gasteiger partial charge in [0.25, 0.3) is 5.56 Å². The molecule has 0 atom stereocenters. The molecular weight excluding hydrogens is 396 g/mol. The lowest BCUT2D eigenvalue weighted by Crippen LogP contribution is -2.31. The Morgan fingerprint density at radius 2 is 2.03 bits per heavy atom. The molecule has 0 aliphatic heterocycles. The predicted molar refractivity (Wildman–Crippen MR) is 119 cm³/mol. The number of aryl methyl sites for hydroxylation is 2. The zero-order valence-electron chi connectivity index (χ0n) is 18.4. The molecular formula is C22H30N6O3. The van der Waals surface area contributed by atoms with Gasteiger partial charge in [-0.3, -0.25) is 24.1 Å². The molecule has 31 heavy (non-hydrogen) atoms. The van der Waals surface area contributed by atoms with Crippen LogP contribution in [-0.4, -0.2) is 30.0 Å². The second-order valence-corrected chi connectivity index (χ2v) is 8.07. The van der Waals surface area contributed by atoms with Gasteiger partial charge in [0.15, 0.2) is 11.2 Å². The van der Waals surface area contributed by atoms with Crippen LogP contribution in [0.1, 0.15) is 51.6 Å². The van der Waals surface area contributed by atoms with E-state index in [1.807, 2.05) is 29.7 Å². The van der Waals surface area contributed by atoms with Gasteiger partial charge >= 0.3 is 5.69 Å². The number of unbranched alkanes of at least 4 members (excludes halogenated alkanes) is 1. The van der Waals surface area contributed by atoms with E-state index in [2.05, 4.69) is 34.1 Å². The Labute approximate surface area is 180 Å². The Kier molecular flexibility index (Phi) is 7.38. The number of aromatic amines is 1. The normalized spacial score (nSPS) is 11.4. The molecule has 1 amide bonds. The monoisotopic (exact) mass is 426 g/mol. The minimum Gasteiger partial charge on any atom is -0.350 e. The molecule has 0 aliphatic rings. The van der Waals surface area contributed by atoms with Gasteiger partial charge in [0, 0.05) is 32.1 Å². The van der Waals surface area contributed by atoms with E-state index in [0.717, 1.165) is 18.5 Å². The van der Waals surface area contributed by atoms with Crippen LogP contribution in [0.2, 0.25) is 0 Å². The second-order valence-electron chi connectivity index (χ2n) is 8.07. The van der Waals surface area contributed by atoms with Crippen LogP contribution >= 0.6 is 0 Å². The van der Waals surface area contributed by atoms with Crippen molar-refractivity contribution in [2.24, 2.45) is 5.92 Å². The van der Waals surface area contributed by atoms with E-state index in [1.54, 1.807) is 6.20 Å². The zero-order valence-corrected chi connectivity index (χ0v) is 18.4. The highest BCUT2D eigenvalue weighted by Gasteiger charge is 2.19. The van der Waals surface area contributed by atoms with E-state index < -0.39 is 11.2 Å². The van der Waals surface area contributed by atoms with Crippen LogP contribution in [0.5, 0.6) is 0 Å². The van der Waals surface area contributed by atoms with Crippen molar-refractivity contribution in [3.05, 3.63) is 56.8 Å². The molecule has 3 heterocycles. The van der Waals surface area contributed by atoms with E-state index in [9.17, 15) is 14.4 Å². The first kappa shape index (κ1) is 22.5. The molecule has 166 valence electrons. The summed E-state index contributed by atoms with van der Waals surface area (Å²) in [6, 6.07) is 5.55. The maximum absolute atomic E-state index is 12.6. The number of hydrogen-bond acceptors (Lipinski definition) is 5. The fraction of sp³-hybridized carbons (Fsp3) is 0.500. The van der Waals surface area contributed by atoms with Gasteiger partial charge in [-0.15, -0.1) is 0 Å².